The molecule has 1 saturated carbocycles. The van der Waals surface area contributed by atoms with Crippen LogP contribution in [0.1, 0.15) is 47.0 Å². The summed E-state index contributed by atoms with van der Waals surface area (Å²) in [5.41, 5.74) is 0.769. The Labute approximate surface area is 175 Å². The highest BCUT2D eigenvalue weighted by atomic mass is 31.2. The molecule has 2 aromatic rings. The summed E-state index contributed by atoms with van der Waals surface area (Å²) in [5.74, 6) is 2.31. The molecule has 0 unspecified atom stereocenters. The summed E-state index contributed by atoms with van der Waals surface area (Å²) >= 11 is 0. The van der Waals surface area contributed by atoms with Crippen molar-refractivity contribution in [1.82, 2.24) is 0 Å². The van der Waals surface area contributed by atoms with Crippen LogP contribution < -0.4 is 15.1 Å². The Morgan fingerprint density at radius 1 is 1.07 bits per heavy atom. The molecule has 1 N–H and O–H groups in total. The Hall–Kier alpha value is -1.77. The molecule has 1 fully saturated rings. The maximum absolute atomic E-state index is 14.2. The van der Waals surface area contributed by atoms with E-state index in [9.17, 15) is 4.57 Å². The minimum Gasteiger partial charge on any atom is -0.494 e. The summed E-state index contributed by atoms with van der Waals surface area (Å²) in [7, 11) is -3.29. The Morgan fingerprint density at radius 2 is 1.76 bits per heavy atom. The first-order valence-electron chi connectivity index (χ1n) is 10.8. The van der Waals surface area contributed by atoms with Gasteiger partial charge in [-0.05, 0) is 73.9 Å². The van der Waals surface area contributed by atoms with E-state index in [1.165, 1.54) is 6.42 Å². The number of rotatable bonds is 8. The number of benzene rings is 2. The smallest absolute Gasteiger partial charge is 0.324 e. The van der Waals surface area contributed by atoms with Crippen LogP contribution in [0.3, 0.4) is 0 Å². The quantitative estimate of drug-likeness (QED) is 0.500. The highest BCUT2D eigenvalue weighted by Gasteiger charge is 2.38. The van der Waals surface area contributed by atoms with E-state index < -0.39 is 7.52 Å². The van der Waals surface area contributed by atoms with E-state index in [2.05, 4.69) is 25.9 Å². The lowest BCUT2D eigenvalue weighted by Gasteiger charge is -2.39. The van der Waals surface area contributed by atoms with Gasteiger partial charge in [-0.2, -0.15) is 0 Å². The van der Waals surface area contributed by atoms with E-state index in [0.717, 1.165) is 24.3 Å². The molecule has 0 amide bonds. The van der Waals surface area contributed by atoms with Crippen LogP contribution in [0.2, 0.25) is 0 Å². The van der Waals surface area contributed by atoms with Crippen molar-refractivity contribution >= 4 is 18.5 Å². The monoisotopic (exact) mass is 415 g/mol. The topological polar surface area (TPSA) is 47.6 Å². The van der Waals surface area contributed by atoms with Gasteiger partial charge in [0.05, 0.1) is 18.0 Å². The number of ether oxygens (including phenoxy) is 1. The van der Waals surface area contributed by atoms with E-state index in [0.29, 0.717) is 29.7 Å². The molecule has 1 aliphatic rings. The van der Waals surface area contributed by atoms with Crippen molar-refractivity contribution in [1.29, 1.82) is 0 Å². The Kier molecular flexibility index (Phi) is 7.43. The van der Waals surface area contributed by atoms with Crippen LogP contribution in [0.15, 0.2) is 54.6 Å². The minimum absolute atomic E-state index is 0.0139. The molecule has 0 bridgehead atoms. The molecule has 4 atom stereocenters. The predicted molar refractivity (Wildman–Crippen MR) is 121 cm³/mol. The molecule has 0 aromatic heterocycles. The first-order chi connectivity index (χ1) is 13.9. The molecule has 158 valence electrons. The number of anilines is 1. The largest absolute Gasteiger partial charge is 0.494 e. The lowest BCUT2D eigenvalue weighted by molar-refractivity contribution is 0.0506. The molecular weight excluding hydrogens is 381 g/mol. The van der Waals surface area contributed by atoms with E-state index >= 15 is 0 Å². The zero-order chi connectivity index (χ0) is 20.9. The van der Waals surface area contributed by atoms with E-state index in [4.69, 9.17) is 9.26 Å². The third-order valence-electron chi connectivity index (χ3n) is 5.78. The molecule has 29 heavy (non-hydrogen) atoms. The molecule has 0 aliphatic heterocycles. The summed E-state index contributed by atoms with van der Waals surface area (Å²) < 4.78 is 26.2. The average Bonchev–Trinajstić information content (AvgIpc) is 2.70. The number of hydrogen-bond donors (Lipinski definition) is 1. The van der Waals surface area contributed by atoms with Crippen molar-refractivity contribution in [3.63, 3.8) is 0 Å². The van der Waals surface area contributed by atoms with Gasteiger partial charge in [0.1, 0.15) is 5.75 Å². The molecule has 3 rings (SSSR count). The molecule has 5 heteroatoms. The van der Waals surface area contributed by atoms with Crippen LogP contribution in [0.5, 0.6) is 5.75 Å². The standard InChI is InChI=1S/C24H34NO3P/c1-5-27-21-14-12-20(13-15-21)25-29(26,22-9-7-6-8-10-22)28-24-17-19(4)11-16-23(24)18(2)3/h6-10,12-15,18-19,23-24H,5,11,16-17H2,1-4H3,(H,25,26)/t19-,23-,24+,29+/m1/s1. The summed E-state index contributed by atoms with van der Waals surface area (Å²) in [6, 6.07) is 17.1. The average molecular weight is 416 g/mol. The molecule has 0 saturated heterocycles. The fourth-order valence-electron chi connectivity index (χ4n) is 4.16. The highest BCUT2D eigenvalue weighted by Crippen LogP contribution is 2.51. The zero-order valence-electron chi connectivity index (χ0n) is 18.0. The molecule has 0 heterocycles. The van der Waals surface area contributed by atoms with Crippen molar-refractivity contribution in [3.05, 3.63) is 54.6 Å². The molecule has 1 aliphatic carbocycles. The second-order valence-corrected chi connectivity index (χ2v) is 10.5. The van der Waals surface area contributed by atoms with Crippen LogP contribution in [-0.4, -0.2) is 12.7 Å². The number of hydrogen-bond acceptors (Lipinski definition) is 3. The number of nitrogens with one attached hydrogen (secondary N) is 1. The molecular formula is C24H34NO3P. The van der Waals surface area contributed by atoms with Crippen LogP contribution in [0.25, 0.3) is 0 Å². The Balaban J connectivity index is 1.88. The molecule has 0 spiro atoms. The predicted octanol–water partition coefficient (Wildman–Crippen LogP) is 6.49. The SMILES string of the molecule is CCOc1ccc(N[P@@](=O)(O[C@H]2C[C@H](C)CC[C@@H]2C(C)C)c2ccccc2)cc1. The zero-order valence-corrected chi connectivity index (χ0v) is 18.9. The second kappa shape index (κ2) is 9.82. The van der Waals surface area contributed by atoms with Gasteiger partial charge in [0.25, 0.3) is 0 Å². The van der Waals surface area contributed by atoms with Gasteiger partial charge in [-0.3, -0.25) is 4.57 Å². The summed E-state index contributed by atoms with van der Waals surface area (Å²) in [6.07, 6.45) is 3.27. The molecule has 2 aromatic carbocycles. The second-order valence-electron chi connectivity index (χ2n) is 8.43. The van der Waals surface area contributed by atoms with Gasteiger partial charge < -0.3 is 14.3 Å². The van der Waals surface area contributed by atoms with Gasteiger partial charge in [0, 0.05) is 5.69 Å². The molecule has 0 radical (unpaired) electrons. The highest BCUT2D eigenvalue weighted by molar-refractivity contribution is 7.68. The third-order valence-corrected chi connectivity index (χ3v) is 7.88. The van der Waals surface area contributed by atoms with Crippen molar-refractivity contribution in [3.8, 4) is 5.75 Å². The van der Waals surface area contributed by atoms with Gasteiger partial charge in [0.2, 0.25) is 0 Å². The summed E-state index contributed by atoms with van der Waals surface area (Å²) in [4.78, 5) is 0. The van der Waals surface area contributed by atoms with Crippen LogP contribution in [0, 0.1) is 17.8 Å². The van der Waals surface area contributed by atoms with E-state index in [-0.39, 0.29) is 6.10 Å². The van der Waals surface area contributed by atoms with Gasteiger partial charge in [0.15, 0.2) is 0 Å². The maximum Gasteiger partial charge on any atom is 0.324 e. The van der Waals surface area contributed by atoms with Gasteiger partial charge in [-0.25, -0.2) is 0 Å². The Bertz CT molecular complexity index is 807. The summed E-state index contributed by atoms with van der Waals surface area (Å²) in [5, 5.41) is 3.94. The van der Waals surface area contributed by atoms with Crippen molar-refractivity contribution in [2.75, 3.05) is 11.7 Å². The van der Waals surface area contributed by atoms with E-state index in [1.54, 1.807) is 0 Å². The maximum atomic E-state index is 14.2. The van der Waals surface area contributed by atoms with Crippen molar-refractivity contribution < 1.29 is 13.8 Å². The van der Waals surface area contributed by atoms with Crippen molar-refractivity contribution in [2.24, 2.45) is 17.8 Å². The van der Waals surface area contributed by atoms with Gasteiger partial charge >= 0.3 is 7.52 Å². The van der Waals surface area contributed by atoms with Gasteiger partial charge in [-0.1, -0.05) is 45.4 Å². The fraction of sp³-hybridized carbons (Fsp3) is 0.500. The fourth-order valence-corrected chi connectivity index (χ4v) is 6.15. The van der Waals surface area contributed by atoms with Crippen LogP contribution >= 0.6 is 7.52 Å². The summed E-state index contributed by atoms with van der Waals surface area (Å²) in [6.45, 7) is 9.32. The Morgan fingerprint density at radius 3 is 2.38 bits per heavy atom. The van der Waals surface area contributed by atoms with Gasteiger partial charge in [-0.15, -0.1) is 0 Å². The normalized spacial score (nSPS) is 24.1. The lowest BCUT2D eigenvalue weighted by Crippen LogP contribution is -2.35. The van der Waals surface area contributed by atoms with Crippen molar-refractivity contribution in [2.45, 2.75) is 53.1 Å². The lowest BCUT2D eigenvalue weighted by atomic mass is 9.75. The minimum atomic E-state index is -3.29. The first-order valence-corrected chi connectivity index (χ1v) is 12.4. The molecule has 4 nitrogen and oxygen atoms in total. The van der Waals surface area contributed by atoms with Crippen LogP contribution in [-0.2, 0) is 9.09 Å². The van der Waals surface area contributed by atoms with Crippen LogP contribution in [0.4, 0.5) is 5.69 Å². The first kappa shape index (κ1) is 21.9. The third kappa shape index (κ3) is 5.65. The van der Waals surface area contributed by atoms with E-state index in [1.807, 2.05) is 61.5 Å².